The zero-order valence-corrected chi connectivity index (χ0v) is 13.7. The van der Waals surface area contributed by atoms with Crippen molar-refractivity contribution in [1.82, 2.24) is 4.98 Å². The minimum atomic E-state index is -3.24. The van der Waals surface area contributed by atoms with Crippen LogP contribution in [0.25, 0.3) is 10.2 Å². The van der Waals surface area contributed by atoms with Crippen LogP contribution >= 0.6 is 11.3 Å². The molecule has 1 atom stereocenters. The third-order valence-electron chi connectivity index (χ3n) is 3.66. The van der Waals surface area contributed by atoms with E-state index < -0.39 is 9.84 Å². The van der Waals surface area contributed by atoms with Crippen molar-refractivity contribution in [3.8, 4) is 0 Å². The van der Waals surface area contributed by atoms with Crippen LogP contribution in [0, 0.1) is 5.92 Å². The number of nitrogens with zero attached hydrogens (tertiary/aromatic N) is 1. The van der Waals surface area contributed by atoms with Gasteiger partial charge >= 0.3 is 0 Å². The molecule has 1 N–H and O–H groups in total. The predicted molar refractivity (Wildman–Crippen MR) is 87.8 cm³/mol. The van der Waals surface area contributed by atoms with Crippen molar-refractivity contribution < 1.29 is 13.2 Å². The highest BCUT2D eigenvalue weighted by Gasteiger charge is 2.20. The van der Waals surface area contributed by atoms with Crippen LogP contribution in [0.1, 0.15) is 19.3 Å². The molecule has 22 heavy (non-hydrogen) atoms. The van der Waals surface area contributed by atoms with Gasteiger partial charge < -0.3 is 5.32 Å². The number of allylic oxidation sites excluding steroid dienone is 2. The minimum Gasteiger partial charge on any atom is -0.302 e. The highest BCUT2D eigenvalue weighted by atomic mass is 32.2. The molecule has 116 valence electrons. The van der Waals surface area contributed by atoms with E-state index in [9.17, 15) is 13.2 Å². The van der Waals surface area contributed by atoms with Gasteiger partial charge in [-0.25, -0.2) is 13.4 Å². The monoisotopic (exact) mass is 336 g/mol. The van der Waals surface area contributed by atoms with Crippen molar-refractivity contribution in [2.45, 2.75) is 24.2 Å². The first-order chi connectivity index (χ1) is 10.4. The van der Waals surface area contributed by atoms with Gasteiger partial charge in [0.2, 0.25) is 5.91 Å². The topological polar surface area (TPSA) is 76.1 Å². The van der Waals surface area contributed by atoms with E-state index in [2.05, 4.69) is 16.4 Å². The van der Waals surface area contributed by atoms with Gasteiger partial charge in [0, 0.05) is 12.2 Å². The zero-order chi connectivity index (χ0) is 15.7. The standard InChI is InChI=1S/C15H16N2O3S2/c1-22(19,20)11-7-8-12-13(9-11)21-15(16-12)17-14(18)10-5-3-2-4-6-10/h2-3,7-10H,4-6H2,1H3,(H,16,17,18). The Hall–Kier alpha value is -1.73. The summed E-state index contributed by atoms with van der Waals surface area (Å²) in [5.74, 6) is -0.0321. The number of anilines is 1. The van der Waals surface area contributed by atoms with Gasteiger partial charge in [-0.1, -0.05) is 23.5 Å². The maximum absolute atomic E-state index is 12.2. The van der Waals surface area contributed by atoms with Crippen LogP contribution in [0.5, 0.6) is 0 Å². The highest BCUT2D eigenvalue weighted by molar-refractivity contribution is 7.90. The smallest absolute Gasteiger partial charge is 0.229 e. The van der Waals surface area contributed by atoms with E-state index in [4.69, 9.17) is 0 Å². The third-order valence-corrected chi connectivity index (χ3v) is 5.70. The zero-order valence-electron chi connectivity index (χ0n) is 12.1. The van der Waals surface area contributed by atoms with Gasteiger partial charge in [0.25, 0.3) is 0 Å². The van der Waals surface area contributed by atoms with E-state index in [-0.39, 0.29) is 16.7 Å². The fourth-order valence-electron chi connectivity index (χ4n) is 2.43. The first-order valence-corrected chi connectivity index (χ1v) is 9.71. The van der Waals surface area contributed by atoms with Crippen LogP contribution in [0.15, 0.2) is 35.2 Å². The number of fused-ring (bicyclic) bond motifs is 1. The van der Waals surface area contributed by atoms with Crippen LogP contribution in [0.2, 0.25) is 0 Å². The number of aromatic nitrogens is 1. The van der Waals surface area contributed by atoms with Gasteiger partial charge in [0.1, 0.15) is 0 Å². The lowest BCUT2D eigenvalue weighted by Crippen LogP contribution is -2.23. The summed E-state index contributed by atoms with van der Waals surface area (Å²) in [5.41, 5.74) is 0.691. The number of carbonyl (C=O) groups is 1. The van der Waals surface area contributed by atoms with Crippen molar-refractivity contribution in [3.63, 3.8) is 0 Å². The van der Waals surface area contributed by atoms with Gasteiger partial charge in [0.15, 0.2) is 15.0 Å². The number of nitrogens with one attached hydrogen (secondary N) is 1. The lowest BCUT2D eigenvalue weighted by atomic mass is 9.94. The SMILES string of the molecule is CS(=O)(=O)c1ccc2nc(NC(=O)C3CC=CCC3)sc2c1. The number of thiazole rings is 1. The largest absolute Gasteiger partial charge is 0.302 e. The third kappa shape index (κ3) is 3.20. The van der Waals surface area contributed by atoms with Crippen LogP contribution in [0.3, 0.4) is 0 Å². The normalized spacial score (nSPS) is 18.5. The van der Waals surface area contributed by atoms with E-state index in [0.29, 0.717) is 10.6 Å². The lowest BCUT2D eigenvalue weighted by Gasteiger charge is -2.15. The molecule has 1 aromatic heterocycles. The molecular formula is C15H16N2O3S2. The number of benzene rings is 1. The minimum absolute atomic E-state index is 0.0106. The molecule has 0 spiro atoms. The average molecular weight is 336 g/mol. The summed E-state index contributed by atoms with van der Waals surface area (Å²) in [5, 5.41) is 3.36. The Bertz CT molecular complexity index is 853. The molecule has 0 saturated carbocycles. The number of sulfone groups is 1. The van der Waals surface area contributed by atoms with Crippen molar-refractivity contribution in [1.29, 1.82) is 0 Å². The van der Waals surface area contributed by atoms with E-state index >= 15 is 0 Å². The molecule has 1 aromatic carbocycles. The molecule has 1 heterocycles. The number of carbonyl (C=O) groups excluding carboxylic acids is 1. The van der Waals surface area contributed by atoms with E-state index in [1.165, 1.54) is 23.7 Å². The second-order valence-electron chi connectivity index (χ2n) is 5.39. The molecule has 0 fully saturated rings. The number of amides is 1. The van der Waals surface area contributed by atoms with Crippen LogP contribution in [-0.2, 0) is 14.6 Å². The summed E-state index contributed by atoms with van der Waals surface area (Å²) in [6.07, 6.45) is 7.84. The maximum atomic E-state index is 12.2. The lowest BCUT2D eigenvalue weighted by molar-refractivity contribution is -0.120. The Morgan fingerprint density at radius 3 is 2.86 bits per heavy atom. The Morgan fingerprint density at radius 2 is 2.18 bits per heavy atom. The molecule has 3 rings (SSSR count). The molecular weight excluding hydrogens is 320 g/mol. The number of hydrogen-bond donors (Lipinski definition) is 1. The summed E-state index contributed by atoms with van der Waals surface area (Å²) in [4.78, 5) is 16.8. The first-order valence-electron chi connectivity index (χ1n) is 7.00. The molecule has 7 heteroatoms. The van der Waals surface area contributed by atoms with Crippen molar-refractivity contribution in [2.24, 2.45) is 5.92 Å². The van der Waals surface area contributed by atoms with Gasteiger partial charge in [-0.2, -0.15) is 0 Å². The van der Waals surface area contributed by atoms with Crippen molar-refractivity contribution >= 4 is 42.4 Å². The van der Waals surface area contributed by atoms with Gasteiger partial charge in [-0.15, -0.1) is 0 Å². The molecule has 0 bridgehead atoms. The molecule has 5 nitrogen and oxygen atoms in total. The molecule has 2 aromatic rings. The van der Waals surface area contributed by atoms with E-state index in [1.54, 1.807) is 12.1 Å². The van der Waals surface area contributed by atoms with Crippen LogP contribution < -0.4 is 5.32 Å². The Kier molecular flexibility index (Phi) is 4.01. The van der Waals surface area contributed by atoms with Crippen molar-refractivity contribution in [2.75, 3.05) is 11.6 Å². The Morgan fingerprint density at radius 1 is 1.36 bits per heavy atom. The van der Waals surface area contributed by atoms with Gasteiger partial charge in [-0.05, 0) is 37.5 Å². The second-order valence-corrected chi connectivity index (χ2v) is 8.44. The maximum Gasteiger partial charge on any atom is 0.229 e. The molecule has 0 aliphatic heterocycles. The summed E-state index contributed by atoms with van der Waals surface area (Å²) >= 11 is 1.29. The fraction of sp³-hybridized carbons (Fsp3) is 0.333. The van der Waals surface area contributed by atoms with Crippen LogP contribution in [-0.4, -0.2) is 25.6 Å². The van der Waals surface area contributed by atoms with Gasteiger partial charge in [-0.3, -0.25) is 4.79 Å². The van der Waals surface area contributed by atoms with E-state index in [0.717, 1.165) is 24.0 Å². The summed E-state index contributed by atoms with van der Waals surface area (Å²) < 4.78 is 23.9. The Labute approximate surface area is 133 Å². The molecule has 0 radical (unpaired) electrons. The summed E-state index contributed by atoms with van der Waals surface area (Å²) in [6.45, 7) is 0. The van der Waals surface area contributed by atoms with Crippen LogP contribution in [0.4, 0.5) is 5.13 Å². The summed E-state index contributed by atoms with van der Waals surface area (Å²) in [7, 11) is -3.24. The average Bonchev–Trinajstić information content (AvgIpc) is 2.88. The highest BCUT2D eigenvalue weighted by Crippen LogP contribution is 2.29. The number of hydrogen-bond acceptors (Lipinski definition) is 5. The quantitative estimate of drug-likeness (QED) is 0.874. The second kappa shape index (κ2) is 5.81. The first kappa shape index (κ1) is 15.2. The molecule has 1 aliphatic rings. The van der Waals surface area contributed by atoms with E-state index in [1.807, 2.05) is 6.08 Å². The molecule has 1 unspecified atom stereocenters. The fourth-order valence-corrected chi connectivity index (χ4v) is 4.06. The Balaban J connectivity index is 1.83. The number of rotatable bonds is 3. The molecule has 1 aliphatic carbocycles. The molecule has 1 amide bonds. The van der Waals surface area contributed by atoms with Crippen molar-refractivity contribution in [3.05, 3.63) is 30.4 Å². The molecule has 0 saturated heterocycles. The predicted octanol–water partition coefficient (Wildman–Crippen LogP) is 2.99. The van der Waals surface area contributed by atoms with Gasteiger partial charge in [0.05, 0.1) is 15.1 Å². The summed E-state index contributed by atoms with van der Waals surface area (Å²) in [6, 6.07) is 4.80.